The number of thioether (sulfide) groups is 1. The lowest BCUT2D eigenvalue weighted by atomic mass is 9.96. The molecular formula is C8H13NO3S. The molecule has 0 aliphatic carbocycles. The Morgan fingerprint density at radius 3 is 2.85 bits per heavy atom. The fourth-order valence-electron chi connectivity index (χ4n) is 1.43. The monoisotopic (exact) mass is 203 g/mol. The van der Waals surface area contributed by atoms with Crippen LogP contribution >= 0.6 is 11.8 Å². The molecule has 0 aromatic carbocycles. The Bertz CT molecular complexity index is 231. The summed E-state index contributed by atoms with van der Waals surface area (Å²) in [5.74, 6) is 0.138. The number of nitrogens with one attached hydrogen (secondary N) is 1. The number of hydrogen-bond donors (Lipinski definition) is 1. The third-order valence-electron chi connectivity index (χ3n) is 2.04. The second kappa shape index (κ2) is 4.00. The smallest absolute Gasteiger partial charge is 0.332 e. The van der Waals surface area contributed by atoms with Gasteiger partial charge in [0, 0.05) is 5.75 Å². The predicted octanol–water partition coefficient (Wildman–Crippen LogP) is 1.15. The number of hydrogen-bond acceptors (Lipinski definition) is 4. The van der Waals surface area contributed by atoms with Gasteiger partial charge in [-0.15, -0.1) is 0 Å². The lowest BCUT2D eigenvalue weighted by Gasteiger charge is -2.24. The van der Waals surface area contributed by atoms with Gasteiger partial charge in [-0.2, -0.15) is 0 Å². The van der Waals surface area contributed by atoms with E-state index in [9.17, 15) is 9.59 Å². The van der Waals surface area contributed by atoms with E-state index in [1.165, 1.54) is 7.11 Å². The van der Waals surface area contributed by atoms with Gasteiger partial charge in [0.05, 0.1) is 7.11 Å². The number of amides is 1. The van der Waals surface area contributed by atoms with E-state index in [2.05, 4.69) is 10.1 Å². The van der Waals surface area contributed by atoms with Crippen molar-refractivity contribution in [3.63, 3.8) is 0 Å². The van der Waals surface area contributed by atoms with Gasteiger partial charge < -0.3 is 10.1 Å². The zero-order valence-electron chi connectivity index (χ0n) is 7.75. The van der Waals surface area contributed by atoms with Crippen molar-refractivity contribution in [3.05, 3.63) is 0 Å². The molecule has 1 aliphatic heterocycles. The molecule has 4 nitrogen and oxygen atoms in total. The maximum Gasteiger partial charge on any atom is 0.332 e. The molecule has 1 saturated heterocycles. The van der Waals surface area contributed by atoms with E-state index in [1.54, 1.807) is 0 Å². The van der Waals surface area contributed by atoms with E-state index in [0.717, 1.165) is 18.2 Å². The first-order valence-electron chi connectivity index (χ1n) is 4.18. The Morgan fingerprint density at radius 2 is 2.46 bits per heavy atom. The molecule has 0 aromatic heterocycles. The van der Waals surface area contributed by atoms with Crippen molar-refractivity contribution in [2.75, 3.05) is 12.9 Å². The van der Waals surface area contributed by atoms with Crippen molar-refractivity contribution in [1.82, 2.24) is 5.32 Å². The molecule has 1 atom stereocenters. The average Bonchev–Trinajstić information content (AvgIpc) is 2.48. The summed E-state index contributed by atoms with van der Waals surface area (Å²) in [7, 11) is 1.34. The molecule has 1 aliphatic rings. The lowest BCUT2D eigenvalue weighted by molar-refractivity contribution is -0.147. The van der Waals surface area contributed by atoms with Gasteiger partial charge in [-0.25, -0.2) is 4.79 Å². The second-order valence-corrected chi connectivity index (χ2v) is 3.97. The van der Waals surface area contributed by atoms with Crippen molar-refractivity contribution in [2.24, 2.45) is 0 Å². The minimum Gasteiger partial charge on any atom is -0.467 e. The van der Waals surface area contributed by atoms with Gasteiger partial charge in [0.2, 0.25) is 0 Å². The molecule has 0 spiro atoms. The lowest BCUT2D eigenvalue weighted by Crippen LogP contribution is -2.51. The molecule has 1 fully saturated rings. The standard InChI is InChI=1S/C8H13NO3S/c1-3-4-8(6(10)12-2)5-13-7(11)9-8/h3-5H2,1-2H3,(H,9,11)/t8-/m1/s1. The van der Waals surface area contributed by atoms with Gasteiger partial charge in [-0.05, 0) is 6.42 Å². The van der Waals surface area contributed by atoms with Crippen molar-refractivity contribution in [1.29, 1.82) is 0 Å². The number of methoxy groups -OCH3 is 1. The number of carbonyl (C=O) groups excluding carboxylic acids is 2. The first-order valence-corrected chi connectivity index (χ1v) is 5.16. The van der Waals surface area contributed by atoms with Crippen LogP contribution in [0.5, 0.6) is 0 Å². The highest BCUT2D eigenvalue weighted by atomic mass is 32.2. The van der Waals surface area contributed by atoms with Crippen molar-refractivity contribution in [2.45, 2.75) is 25.3 Å². The zero-order valence-corrected chi connectivity index (χ0v) is 8.57. The van der Waals surface area contributed by atoms with Gasteiger partial charge in [-0.1, -0.05) is 25.1 Å². The van der Waals surface area contributed by atoms with E-state index in [-0.39, 0.29) is 11.2 Å². The molecule has 0 aromatic rings. The first kappa shape index (κ1) is 10.4. The average molecular weight is 203 g/mol. The summed E-state index contributed by atoms with van der Waals surface area (Å²) in [6.07, 6.45) is 1.48. The van der Waals surface area contributed by atoms with E-state index in [1.807, 2.05) is 6.92 Å². The number of esters is 1. The summed E-state index contributed by atoms with van der Waals surface area (Å²) in [5, 5.41) is 2.53. The van der Waals surface area contributed by atoms with Crippen LogP contribution in [0.25, 0.3) is 0 Å². The third kappa shape index (κ3) is 1.96. The van der Waals surface area contributed by atoms with Crippen LogP contribution in [0.4, 0.5) is 4.79 Å². The molecule has 1 N–H and O–H groups in total. The first-order chi connectivity index (χ1) is 6.14. The fraction of sp³-hybridized carbons (Fsp3) is 0.750. The fourth-order valence-corrected chi connectivity index (χ4v) is 2.40. The Morgan fingerprint density at radius 1 is 1.77 bits per heavy atom. The van der Waals surface area contributed by atoms with E-state index >= 15 is 0 Å². The highest BCUT2D eigenvalue weighted by Gasteiger charge is 2.45. The van der Waals surface area contributed by atoms with Crippen LogP contribution in [-0.2, 0) is 9.53 Å². The van der Waals surface area contributed by atoms with Gasteiger partial charge in [0.1, 0.15) is 5.54 Å². The molecule has 1 rings (SSSR count). The Hall–Kier alpha value is -0.710. The van der Waals surface area contributed by atoms with Crippen molar-refractivity contribution < 1.29 is 14.3 Å². The van der Waals surface area contributed by atoms with Crippen LogP contribution in [0, 0.1) is 0 Å². The molecule has 5 heteroatoms. The Kier molecular flexibility index (Phi) is 3.19. The van der Waals surface area contributed by atoms with Crippen LogP contribution in [0.2, 0.25) is 0 Å². The van der Waals surface area contributed by atoms with Gasteiger partial charge in [0.25, 0.3) is 5.24 Å². The van der Waals surface area contributed by atoms with Crippen molar-refractivity contribution in [3.8, 4) is 0 Å². The summed E-state index contributed by atoms with van der Waals surface area (Å²) >= 11 is 1.14. The van der Waals surface area contributed by atoms with E-state index < -0.39 is 5.54 Å². The molecule has 1 heterocycles. The summed E-state index contributed by atoms with van der Waals surface area (Å²) in [6, 6.07) is 0. The minimum atomic E-state index is -0.773. The molecule has 0 radical (unpaired) electrons. The highest BCUT2D eigenvalue weighted by molar-refractivity contribution is 8.14. The summed E-state index contributed by atoms with van der Waals surface area (Å²) < 4.78 is 4.67. The zero-order chi connectivity index (χ0) is 9.90. The summed E-state index contributed by atoms with van der Waals surface area (Å²) in [5.41, 5.74) is -0.773. The molecule has 0 unspecified atom stereocenters. The van der Waals surface area contributed by atoms with Gasteiger partial charge >= 0.3 is 5.97 Å². The normalized spacial score (nSPS) is 27.1. The minimum absolute atomic E-state index is 0.140. The topological polar surface area (TPSA) is 55.4 Å². The van der Waals surface area contributed by atoms with Crippen LogP contribution in [-0.4, -0.2) is 29.6 Å². The molecule has 74 valence electrons. The third-order valence-corrected chi connectivity index (χ3v) is 3.05. The second-order valence-electron chi connectivity index (χ2n) is 3.02. The van der Waals surface area contributed by atoms with Crippen LogP contribution in [0.3, 0.4) is 0 Å². The van der Waals surface area contributed by atoms with Crippen molar-refractivity contribution >= 4 is 23.0 Å². The largest absolute Gasteiger partial charge is 0.467 e. The Balaban J connectivity index is 2.76. The van der Waals surface area contributed by atoms with Gasteiger partial charge in [0.15, 0.2) is 0 Å². The van der Waals surface area contributed by atoms with E-state index in [0.29, 0.717) is 12.2 Å². The summed E-state index contributed by atoms with van der Waals surface area (Å²) in [6.45, 7) is 1.97. The van der Waals surface area contributed by atoms with Crippen LogP contribution < -0.4 is 5.32 Å². The van der Waals surface area contributed by atoms with Crippen LogP contribution in [0.15, 0.2) is 0 Å². The SMILES string of the molecule is CCC[C@]1(C(=O)OC)CSC(=O)N1. The molecule has 1 amide bonds. The quantitative estimate of drug-likeness (QED) is 0.699. The molecular weight excluding hydrogens is 190 g/mol. The maximum absolute atomic E-state index is 11.4. The Labute approximate surface area is 81.4 Å². The van der Waals surface area contributed by atoms with Crippen LogP contribution in [0.1, 0.15) is 19.8 Å². The van der Waals surface area contributed by atoms with E-state index in [4.69, 9.17) is 0 Å². The number of carbonyl (C=O) groups is 2. The predicted molar refractivity (Wildman–Crippen MR) is 50.6 cm³/mol. The highest BCUT2D eigenvalue weighted by Crippen LogP contribution is 2.28. The number of ether oxygens (including phenoxy) is 1. The maximum atomic E-state index is 11.4. The van der Waals surface area contributed by atoms with Gasteiger partial charge in [-0.3, -0.25) is 4.79 Å². The summed E-state index contributed by atoms with van der Waals surface area (Å²) in [4.78, 5) is 22.4. The molecule has 0 saturated carbocycles. The molecule has 0 bridgehead atoms. The number of rotatable bonds is 3. The molecule has 13 heavy (non-hydrogen) atoms.